The maximum absolute atomic E-state index is 3.93. The van der Waals surface area contributed by atoms with Crippen LogP contribution >= 0.6 is 0 Å². The lowest BCUT2D eigenvalue weighted by molar-refractivity contribution is 0.575. The molecule has 0 saturated heterocycles. The van der Waals surface area contributed by atoms with E-state index in [-0.39, 0.29) is 5.41 Å². The van der Waals surface area contributed by atoms with Gasteiger partial charge in [0.25, 0.3) is 0 Å². The Kier molecular flexibility index (Phi) is 3.38. The summed E-state index contributed by atoms with van der Waals surface area (Å²) in [4.78, 5) is 0. The van der Waals surface area contributed by atoms with Gasteiger partial charge in [0.05, 0.1) is 0 Å². The highest BCUT2D eigenvalue weighted by atomic mass is 14.4. The van der Waals surface area contributed by atoms with Crippen LogP contribution in [0.15, 0.2) is 47.1 Å². The van der Waals surface area contributed by atoms with Gasteiger partial charge in [-0.15, -0.1) is 0 Å². The van der Waals surface area contributed by atoms with Crippen molar-refractivity contribution in [2.24, 2.45) is 5.41 Å². The molecule has 1 aliphatic rings. The van der Waals surface area contributed by atoms with E-state index in [1.54, 1.807) is 0 Å². The summed E-state index contributed by atoms with van der Waals surface area (Å²) in [6.45, 7) is 15.1. The van der Waals surface area contributed by atoms with E-state index in [4.69, 9.17) is 0 Å². The molecule has 0 bridgehead atoms. The summed E-state index contributed by atoms with van der Waals surface area (Å²) in [5.41, 5.74) is 5.75. The Balaban J connectivity index is 3.23. The van der Waals surface area contributed by atoms with Gasteiger partial charge in [-0.2, -0.15) is 0 Å². The van der Waals surface area contributed by atoms with Crippen molar-refractivity contribution in [2.75, 3.05) is 0 Å². The first-order chi connectivity index (χ1) is 6.96. The lowest BCUT2D eigenvalue weighted by atomic mass is 9.80. The molecular formula is C15H22. The van der Waals surface area contributed by atoms with E-state index in [2.05, 4.69) is 53.3 Å². The molecule has 0 N–H and O–H groups in total. The van der Waals surface area contributed by atoms with Crippen LogP contribution in [0.2, 0.25) is 0 Å². The number of hydrogen-bond acceptors (Lipinski definition) is 0. The second-order valence-corrected chi connectivity index (χ2v) is 4.72. The second-order valence-electron chi connectivity index (χ2n) is 4.72. The zero-order chi connectivity index (χ0) is 11.6. The predicted molar refractivity (Wildman–Crippen MR) is 68.8 cm³/mol. The molecular weight excluding hydrogens is 180 g/mol. The van der Waals surface area contributed by atoms with Crippen LogP contribution in [0.4, 0.5) is 0 Å². The van der Waals surface area contributed by atoms with Crippen molar-refractivity contribution in [3.05, 3.63) is 47.1 Å². The third-order valence-electron chi connectivity index (χ3n) is 3.44. The van der Waals surface area contributed by atoms with Gasteiger partial charge in [0.1, 0.15) is 0 Å². The molecule has 15 heavy (non-hydrogen) atoms. The third kappa shape index (κ3) is 1.86. The lowest BCUT2D eigenvalue weighted by Crippen LogP contribution is -2.12. The molecule has 0 saturated carbocycles. The molecule has 0 aromatic carbocycles. The Morgan fingerprint density at radius 3 is 2.07 bits per heavy atom. The highest BCUT2D eigenvalue weighted by Gasteiger charge is 2.33. The fourth-order valence-electron chi connectivity index (χ4n) is 2.46. The first kappa shape index (κ1) is 12.0. The van der Waals surface area contributed by atoms with E-state index in [1.807, 2.05) is 6.08 Å². The van der Waals surface area contributed by atoms with Crippen LogP contribution in [0.3, 0.4) is 0 Å². The molecule has 0 radical (unpaired) electrons. The van der Waals surface area contributed by atoms with Crippen LogP contribution < -0.4 is 0 Å². The summed E-state index contributed by atoms with van der Waals surface area (Å²) in [5.74, 6) is 0. The van der Waals surface area contributed by atoms with E-state index in [0.29, 0.717) is 0 Å². The van der Waals surface area contributed by atoms with Gasteiger partial charge in [0, 0.05) is 5.41 Å². The molecule has 0 aromatic rings. The molecule has 1 aliphatic carbocycles. The third-order valence-corrected chi connectivity index (χ3v) is 3.44. The molecule has 0 atom stereocenters. The molecule has 0 spiro atoms. The monoisotopic (exact) mass is 202 g/mol. The summed E-state index contributed by atoms with van der Waals surface area (Å²) in [6, 6.07) is 0. The Labute approximate surface area is 94.1 Å². The highest BCUT2D eigenvalue weighted by Crippen LogP contribution is 2.47. The van der Waals surface area contributed by atoms with E-state index in [1.165, 1.54) is 22.3 Å². The van der Waals surface area contributed by atoms with Crippen LogP contribution in [-0.2, 0) is 0 Å². The van der Waals surface area contributed by atoms with Crippen molar-refractivity contribution >= 4 is 0 Å². The number of allylic oxidation sites excluding steroid dienone is 7. The Morgan fingerprint density at radius 2 is 1.67 bits per heavy atom. The molecule has 0 heteroatoms. The molecule has 0 heterocycles. The Hall–Kier alpha value is -1.04. The quantitative estimate of drug-likeness (QED) is 0.616. The molecule has 0 aliphatic heterocycles. The summed E-state index contributed by atoms with van der Waals surface area (Å²) in [5, 5.41) is 0. The Bertz CT molecular complexity index is 359. The van der Waals surface area contributed by atoms with Crippen LogP contribution in [0, 0.1) is 5.41 Å². The standard InChI is InChI=1S/C15H22/c1-7-9-10-14-12(4)11(3)13(8-2)15(14,5)6/h8-10H,2,7H2,1,3-6H3/b10-9-. The molecule has 82 valence electrons. The molecule has 0 nitrogen and oxygen atoms in total. The zero-order valence-electron chi connectivity index (χ0n) is 10.6. The first-order valence-electron chi connectivity index (χ1n) is 5.68. The highest BCUT2D eigenvalue weighted by molar-refractivity contribution is 5.57. The van der Waals surface area contributed by atoms with E-state index in [9.17, 15) is 0 Å². The van der Waals surface area contributed by atoms with Gasteiger partial charge in [-0.25, -0.2) is 0 Å². The topological polar surface area (TPSA) is 0 Å². The van der Waals surface area contributed by atoms with E-state index < -0.39 is 0 Å². The minimum Gasteiger partial charge on any atom is -0.0987 e. The van der Waals surface area contributed by atoms with Crippen LogP contribution in [0.5, 0.6) is 0 Å². The minimum atomic E-state index is 0.127. The van der Waals surface area contributed by atoms with E-state index in [0.717, 1.165) is 6.42 Å². The van der Waals surface area contributed by atoms with Gasteiger partial charge in [0.15, 0.2) is 0 Å². The summed E-state index contributed by atoms with van der Waals surface area (Å²) in [6.07, 6.45) is 7.61. The fraction of sp³-hybridized carbons (Fsp3) is 0.467. The molecule has 0 fully saturated rings. The summed E-state index contributed by atoms with van der Waals surface area (Å²) >= 11 is 0. The van der Waals surface area contributed by atoms with Crippen molar-refractivity contribution in [1.82, 2.24) is 0 Å². The van der Waals surface area contributed by atoms with Crippen molar-refractivity contribution < 1.29 is 0 Å². The van der Waals surface area contributed by atoms with Crippen molar-refractivity contribution in [3.63, 3.8) is 0 Å². The summed E-state index contributed by atoms with van der Waals surface area (Å²) < 4.78 is 0. The van der Waals surface area contributed by atoms with Crippen molar-refractivity contribution in [1.29, 1.82) is 0 Å². The second kappa shape index (κ2) is 4.22. The largest absolute Gasteiger partial charge is 0.0987 e. The smallest absolute Gasteiger partial charge is 0.0151 e. The molecule has 0 aromatic heterocycles. The zero-order valence-corrected chi connectivity index (χ0v) is 10.6. The van der Waals surface area contributed by atoms with Gasteiger partial charge < -0.3 is 0 Å². The van der Waals surface area contributed by atoms with Crippen molar-refractivity contribution in [3.8, 4) is 0 Å². The maximum Gasteiger partial charge on any atom is 0.0151 e. The average molecular weight is 202 g/mol. The predicted octanol–water partition coefficient (Wildman–Crippen LogP) is 4.81. The SMILES string of the molecule is C=CC1=C(C)C(C)=C(/C=C\CC)C1(C)C. The van der Waals surface area contributed by atoms with Gasteiger partial charge in [-0.1, -0.05) is 45.6 Å². The van der Waals surface area contributed by atoms with E-state index >= 15 is 0 Å². The van der Waals surface area contributed by atoms with Gasteiger partial charge in [-0.05, 0) is 42.6 Å². The normalized spacial score (nSPS) is 20.6. The first-order valence-corrected chi connectivity index (χ1v) is 5.68. The molecule has 0 unspecified atom stereocenters. The maximum atomic E-state index is 3.93. The molecule has 0 amide bonds. The summed E-state index contributed by atoms with van der Waals surface area (Å²) in [7, 11) is 0. The average Bonchev–Trinajstić information content (AvgIpc) is 2.32. The van der Waals surface area contributed by atoms with Crippen LogP contribution in [0.1, 0.15) is 41.0 Å². The minimum absolute atomic E-state index is 0.127. The molecule has 1 rings (SSSR count). The van der Waals surface area contributed by atoms with Gasteiger partial charge in [0.2, 0.25) is 0 Å². The van der Waals surface area contributed by atoms with Gasteiger partial charge in [-0.3, -0.25) is 0 Å². The number of hydrogen-bond donors (Lipinski definition) is 0. The van der Waals surface area contributed by atoms with Crippen LogP contribution in [0.25, 0.3) is 0 Å². The Morgan fingerprint density at radius 1 is 1.13 bits per heavy atom. The van der Waals surface area contributed by atoms with Crippen LogP contribution in [-0.4, -0.2) is 0 Å². The van der Waals surface area contributed by atoms with Gasteiger partial charge >= 0.3 is 0 Å². The fourth-order valence-corrected chi connectivity index (χ4v) is 2.46. The number of rotatable bonds is 3. The lowest BCUT2D eigenvalue weighted by Gasteiger charge is -2.24. The van der Waals surface area contributed by atoms with Crippen molar-refractivity contribution in [2.45, 2.75) is 41.0 Å².